The lowest BCUT2D eigenvalue weighted by atomic mass is 9.96. The minimum Gasteiger partial charge on any atom is -0.373 e. The van der Waals surface area contributed by atoms with Crippen LogP contribution in [0.2, 0.25) is 0 Å². The van der Waals surface area contributed by atoms with Crippen molar-refractivity contribution in [1.82, 2.24) is 9.29 Å². The van der Waals surface area contributed by atoms with Crippen LogP contribution in [0.1, 0.15) is 32.1 Å². The maximum atomic E-state index is 12.5. The molecule has 0 aromatic carbocycles. The van der Waals surface area contributed by atoms with Crippen molar-refractivity contribution >= 4 is 15.8 Å². The van der Waals surface area contributed by atoms with Crippen molar-refractivity contribution in [3.8, 4) is 0 Å². The molecule has 1 aromatic rings. The van der Waals surface area contributed by atoms with E-state index < -0.39 is 10.0 Å². The molecule has 0 unspecified atom stereocenters. The molecule has 106 valence electrons. The molecule has 1 fully saturated rings. The van der Waals surface area contributed by atoms with E-state index in [1.54, 1.807) is 26.2 Å². The third-order valence-corrected chi connectivity index (χ3v) is 5.65. The van der Waals surface area contributed by atoms with Gasteiger partial charge < -0.3 is 5.32 Å². The largest absolute Gasteiger partial charge is 0.373 e. The van der Waals surface area contributed by atoms with Crippen LogP contribution in [0, 0.1) is 0 Å². The normalized spacial score (nSPS) is 17.6. The van der Waals surface area contributed by atoms with Gasteiger partial charge in [0.25, 0.3) is 0 Å². The van der Waals surface area contributed by atoms with Gasteiger partial charge in [0.05, 0.1) is 0 Å². The Bertz CT molecular complexity index is 507. The summed E-state index contributed by atoms with van der Waals surface area (Å²) in [5.41, 5.74) is 0. The molecule has 2 rings (SSSR count). The van der Waals surface area contributed by atoms with E-state index in [9.17, 15) is 8.42 Å². The molecule has 1 aromatic heterocycles. The molecule has 0 amide bonds. The van der Waals surface area contributed by atoms with Gasteiger partial charge in [0, 0.05) is 26.3 Å². The summed E-state index contributed by atoms with van der Waals surface area (Å²) >= 11 is 0. The summed E-state index contributed by atoms with van der Waals surface area (Å²) in [6, 6.07) is 3.41. The molecule has 1 aliphatic carbocycles. The van der Waals surface area contributed by atoms with Crippen molar-refractivity contribution in [2.24, 2.45) is 0 Å². The Morgan fingerprint density at radius 3 is 2.47 bits per heavy atom. The first-order valence-electron chi connectivity index (χ1n) is 6.67. The van der Waals surface area contributed by atoms with E-state index in [2.05, 4.69) is 10.3 Å². The number of nitrogens with zero attached hydrogens (tertiary/aromatic N) is 2. The third kappa shape index (κ3) is 3.06. The highest BCUT2D eigenvalue weighted by Gasteiger charge is 2.29. The second-order valence-corrected chi connectivity index (χ2v) is 6.94. The summed E-state index contributed by atoms with van der Waals surface area (Å²) < 4.78 is 26.5. The van der Waals surface area contributed by atoms with E-state index in [-0.39, 0.29) is 10.9 Å². The summed E-state index contributed by atoms with van der Waals surface area (Å²) in [6.07, 6.45) is 6.77. The third-order valence-electron chi connectivity index (χ3n) is 3.76. The summed E-state index contributed by atoms with van der Waals surface area (Å²) in [5, 5.41) is 2.88. The summed E-state index contributed by atoms with van der Waals surface area (Å²) in [7, 11) is 0.0120. The van der Waals surface area contributed by atoms with Gasteiger partial charge in [-0.2, -0.15) is 4.31 Å². The lowest BCUT2D eigenvalue weighted by Gasteiger charge is -2.30. The topological polar surface area (TPSA) is 62.3 Å². The van der Waals surface area contributed by atoms with Gasteiger partial charge in [-0.15, -0.1) is 0 Å². The number of pyridine rings is 1. The van der Waals surface area contributed by atoms with Crippen LogP contribution in [-0.2, 0) is 10.0 Å². The predicted octanol–water partition coefficient (Wildman–Crippen LogP) is 2.08. The molecule has 1 saturated carbocycles. The van der Waals surface area contributed by atoms with Crippen LogP contribution in [0.4, 0.5) is 5.82 Å². The fourth-order valence-corrected chi connectivity index (χ4v) is 3.85. The molecule has 0 atom stereocenters. The van der Waals surface area contributed by atoms with Crippen molar-refractivity contribution in [2.75, 3.05) is 19.4 Å². The molecular weight excluding hydrogens is 262 g/mol. The first-order valence-corrected chi connectivity index (χ1v) is 8.11. The molecule has 0 spiro atoms. The van der Waals surface area contributed by atoms with Gasteiger partial charge in [-0.1, -0.05) is 19.3 Å². The molecule has 0 saturated heterocycles. The maximum Gasteiger partial charge on any atom is 0.244 e. The monoisotopic (exact) mass is 283 g/mol. The SMILES string of the molecule is CNc1ccc(S(=O)(=O)N(C)C2CCCCC2)cn1. The second-order valence-electron chi connectivity index (χ2n) is 4.94. The van der Waals surface area contributed by atoms with E-state index >= 15 is 0 Å². The Kier molecular flexibility index (Phi) is 4.42. The first-order chi connectivity index (χ1) is 9.05. The molecule has 1 aliphatic rings. The van der Waals surface area contributed by atoms with Crippen molar-refractivity contribution in [1.29, 1.82) is 0 Å². The fourth-order valence-electron chi connectivity index (χ4n) is 2.49. The van der Waals surface area contributed by atoms with E-state index in [4.69, 9.17) is 0 Å². The summed E-state index contributed by atoms with van der Waals surface area (Å²) in [6.45, 7) is 0. The quantitative estimate of drug-likeness (QED) is 0.919. The van der Waals surface area contributed by atoms with Crippen molar-refractivity contribution in [2.45, 2.75) is 43.0 Å². The minimum absolute atomic E-state index is 0.128. The average Bonchev–Trinajstić information content (AvgIpc) is 2.47. The molecular formula is C13H21N3O2S. The Morgan fingerprint density at radius 2 is 1.95 bits per heavy atom. The van der Waals surface area contributed by atoms with E-state index in [0.717, 1.165) is 25.7 Å². The van der Waals surface area contributed by atoms with Gasteiger partial charge in [0.1, 0.15) is 10.7 Å². The molecule has 6 heteroatoms. The highest BCUT2D eigenvalue weighted by atomic mass is 32.2. The second kappa shape index (κ2) is 5.88. The predicted molar refractivity (Wildman–Crippen MR) is 75.6 cm³/mol. The van der Waals surface area contributed by atoms with Crippen LogP contribution in [0.3, 0.4) is 0 Å². The zero-order valence-corrected chi connectivity index (χ0v) is 12.3. The Morgan fingerprint density at radius 1 is 1.26 bits per heavy atom. The number of anilines is 1. The van der Waals surface area contributed by atoms with Gasteiger partial charge in [0.15, 0.2) is 0 Å². The summed E-state index contributed by atoms with van der Waals surface area (Å²) in [4.78, 5) is 4.34. The molecule has 1 heterocycles. The van der Waals surface area contributed by atoms with Crippen molar-refractivity contribution in [3.05, 3.63) is 18.3 Å². The number of aromatic nitrogens is 1. The number of nitrogens with one attached hydrogen (secondary N) is 1. The van der Waals surface area contributed by atoms with Gasteiger partial charge in [0.2, 0.25) is 10.0 Å². The minimum atomic E-state index is -3.42. The Labute approximate surface area is 115 Å². The van der Waals surface area contributed by atoms with Crippen molar-refractivity contribution in [3.63, 3.8) is 0 Å². The van der Waals surface area contributed by atoms with Gasteiger partial charge >= 0.3 is 0 Å². The van der Waals surface area contributed by atoms with Crippen LogP contribution in [-0.4, -0.2) is 37.8 Å². The first kappa shape index (κ1) is 14.3. The molecule has 0 aliphatic heterocycles. The van der Waals surface area contributed by atoms with E-state index in [1.807, 2.05) is 0 Å². The fraction of sp³-hybridized carbons (Fsp3) is 0.615. The number of sulfonamides is 1. The maximum absolute atomic E-state index is 12.5. The number of hydrogen-bond donors (Lipinski definition) is 1. The number of rotatable bonds is 4. The highest BCUT2D eigenvalue weighted by molar-refractivity contribution is 7.89. The molecule has 5 nitrogen and oxygen atoms in total. The van der Waals surface area contributed by atoms with E-state index in [0.29, 0.717) is 5.82 Å². The standard InChI is InChI=1S/C13H21N3O2S/c1-14-13-9-8-12(10-15-13)19(17,18)16(2)11-6-4-3-5-7-11/h8-11H,3-7H2,1-2H3,(H,14,15). The Hall–Kier alpha value is -1.14. The van der Waals surface area contributed by atoms with Crippen LogP contribution >= 0.6 is 0 Å². The zero-order chi connectivity index (χ0) is 13.9. The van der Waals surface area contributed by atoms with Crippen LogP contribution < -0.4 is 5.32 Å². The van der Waals surface area contributed by atoms with E-state index in [1.165, 1.54) is 16.9 Å². The average molecular weight is 283 g/mol. The lowest BCUT2D eigenvalue weighted by Crippen LogP contribution is -2.38. The van der Waals surface area contributed by atoms with Crippen LogP contribution in [0.25, 0.3) is 0 Å². The van der Waals surface area contributed by atoms with Crippen molar-refractivity contribution < 1.29 is 8.42 Å². The smallest absolute Gasteiger partial charge is 0.244 e. The van der Waals surface area contributed by atoms with Gasteiger partial charge in [-0.05, 0) is 25.0 Å². The molecule has 0 bridgehead atoms. The number of hydrogen-bond acceptors (Lipinski definition) is 4. The molecule has 0 radical (unpaired) electrons. The zero-order valence-electron chi connectivity index (χ0n) is 11.5. The molecule has 1 N–H and O–H groups in total. The summed E-state index contributed by atoms with van der Waals surface area (Å²) in [5.74, 6) is 0.666. The lowest BCUT2D eigenvalue weighted by molar-refractivity contribution is 0.286. The van der Waals surface area contributed by atoms with Gasteiger partial charge in [-0.3, -0.25) is 0 Å². The van der Waals surface area contributed by atoms with Gasteiger partial charge in [-0.25, -0.2) is 13.4 Å². The van der Waals surface area contributed by atoms with Crippen LogP contribution in [0.15, 0.2) is 23.2 Å². The molecule has 19 heavy (non-hydrogen) atoms. The highest BCUT2D eigenvalue weighted by Crippen LogP contribution is 2.26. The Balaban J connectivity index is 2.19. The van der Waals surface area contributed by atoms with Crippen LogP contribution in [0.5, 0.6) is 0 Å².